The molecule has 0 aromatic heterocycles. The Morgan fingerprint density at radius 2 is 1.85 bits per heavy atom. The van der Waals surface area contributed by atoms with Crippen molar-refractivity contribution < 1.29 is 9.47 Å². The van der Waals surface area contributed by atoms with Gasteiger partial charge in [0.25, 0.3) is 0 Å². The zero-order valence-corrected chi connectivity index (χ0v) is 12.7. The number of methoxy groups -OCH3 is 1. The van der Waals surface area contributed by atoms with Crippen LogP contribution in [0.25, 0.3) is 0 Å². The van der Waals surface area contributed by atoms with Gasteiger partial charge in [0.2, 0.25) is 0 Å². The standard InChI is InChI=1S/C18H26O2/c1-3-4-5-15-16-10-17(16)18(15)12-20-11-13-6-8-14(19-2)9-7-13/h6-9,15-18H,3-5,10-12H2,1-2H3/t15?,16-,17-,18+/m1/s1. The first kappa shape index (κ1) is 13.9. The summed E-state index contributed by atoms with van der Waals surface area (Å²) in [6.45, 7) is 3.98. The van der Waals surface area contributed by atoms with E-state index >= 15 is 0 Å². The molecule has 0 saturated heterocycles. The van der Waals surface area contributed by atoms with Crippen molar-refractivity contribution in [2.45, 2.75) is 39.2 Å². The second-order valence-electron chi connectivity index (χ2n) is 6.40. The van der Waals surface area contributed by atoms with Crippen LogP contribution < -0.4 is 4.74 Å². The molecular formula is C18H26O2. The highest BCUT2D eigenvalue weighted by Gasteiger charge is 2.60. The lowest BCUT2D eigenvalue weighted by Gasteiger charge is -2.36. The molecule has 0 heterocycles. The zero-order valence-electron chi connectivity index (χ0n) is 12.7. The summed E-state index contributed by atoms with van der Waals surface area (Å²) in [4.78, 5) is 0. The summed E-state index contributed by atoms with van der Waals surface area (Å²) in [5.74, 6) is 4.80. The van der Waals surface area contributed by atoms with Gasteiger partial charge in [-0.1, -0.05) is 31.9 Å². The monoisotopic (exact) mass is 274 g/mol. The van der Waals surface area contributed by atoms with Crippen molar-refractivity contribution in [3.05, 3.63) is 29.8 Å². The minimum Gasteiger partial charge on any atom is -0.497 e. The number of unbranched alkanes of at least 4 members (excludes halogenated alkanes) is 1. The molecule has 2 fully saturated rings. The number of benzene rings is 1. The van der Waals surface area contributed by atoms with Crippen molar-refractivity contribution in [2.24, 2.45) is 23.7 Å². The van der Waals surface area contributed by atoms with E-state index in [0.717, 1.165) is 42.6 Å². The van der Waals surface area contributed by atoms with Crippen LogP contribution in [0, 0.1) is 23.7 Å². The van der Waals surface area contributed by atoms with Crippen molar-refractivity contribution in [1.82, 2.24) is 0 Å². The highest BCUT2D eigenvalue weighted by molar-refractivity contribution is 5.26. The first-order valence-electron chi connectivity index (χ1n) is 8.04. The molecule has 1 aromatic carbocycles. The van der Waals surface area contributed by atoms with E-state index in [1.54, 1.807) is 7.11 Å². The third-order valence-electron chi connectivity index (χ3n) is 5.17. The largest absolute Gasteiger partial charge is 0.497 e. The molecule has 20 heavy (non-hydrogen) atoms. The predicted octanol–water partition coefficient (Wildman–Crippen LogP) is 4.28. The highest BCUT2D eigenvalue weighted by Crippen LogP contribution is 2.65. The van der Waals surface area contributed by atoms with Crippen LogP contribution in [0.3, 0.4) is 0 Å². The number of hydrogen-bond acceptors (Lipinski definition) is 2. The summed E-state index contributed by atoms with van der Waals surface area (Å²) in [5, 5.41) is 0. The molecule has 0 spiro atoms. The van der Waals surface area contributed by atoms with Crippen LogP contribution in [-0.2, 0) is 11.3 Å². The van der Waals surface area contributed by atoms with Gasteiger partial charge in [-0.15, -0.1) is 0 Å². The topological polar surface area (TPSA) is 18.5 Å². The highest BCUT2D eigenvalue weighted by atomic mass is 16.5. The van der Waals surface area contributed by atoms with Crippen LogP contribution in [0.15, 0.2) is 24.3 Å². The lowest BCUT2D eigenvalue weighted by molar-refractivity contribution is 0.0110. The summed E-state index contributed by atoms with van der Waals surface area (Å²) < 4.78 is 11.1. The Hall–Kier alpha value is -1.02. The fourth-order valence-corrected chi connectivity index (χ4v) is 3.86. The maximum atomic E-state index is 5.96. The lowest BCUT2D eigenvalue weighted by Crippen LogP contribution is -2.33. The zero-order chi connectivity index (χ0) is 13.9. The number of rotatable bonds is 8. The van der Waals surface area contributed by atoms with Crippen molar-refractivity contribution in [3.63, 3.8) is 0 Å². The molecule has 4 atom stereocenters. The van der Waals surface area contributed by atoms with Gasteiger partial charge < -0.3 is 9.47 Å². The van der Waals surface area contributed by atoms with Gasteiger partial charge in [-0.2, -0.15) is 0 Å². The fraction of sp³-hybridized carbons (Fsp3) is 0.667. The minimum atomic E-state index is 0.735. The molecule has 2 heteroatoms. The maximum absolute atomic E-state index is 5.96. The Morgan fingerprint density at radius 3 is 2.55 bits per heavy atom. The Bertz CT molecular complexity index is 426. The maximum Gasteiger partial charge on any atom is 0.118 e. The molecule has 3 rings (SSSR count). The lowest BCUT2D eigenvalue weighted by atomic mass is 9.72. The van der Waals surface area contributed by atoms with Crippen LogP contribution >= 0.6 is 0 Å². The quantitative estimate of drug-likeness (QED) is 0.704. The molecule has 2 aliphatic rings. The normalized spacial score (nSPS) is 30.5. The molecule has 0 amide bonds. The van der Waals surface area contributed by atoms with Crippen molar-refractivity contribution in [2.75, 3.05) is 13.7 Å². The second kappa shape index (κ2) is 6.17. The first-order valence-corrected chi connectivity index (χ1v) is 8.04. The predicted molar refractivity (Wildman–Crippen MR) is 80.8 cm³/mol. The molecular weight excluding hydrogens is 248 g/mol. The van der Waals surface area contributed by atoms with E-state index < -0.39 is 0 Å². The molecule has 0 radical (unpaired) electrons. The van der Waals surface area contributed by atoms with Gasteiger partial charge in [-0.3, -0.25) is 0 Å². The molecule has 2 aliphatic carbocycles. The Kier molecular flexibility index (Phi) is 4.30. The molecule has 0 bridgehead atoms. The summed E-state index contributed by atoms with van der Waals surface area (Å²) in [6, 6.07) is 8.19. The summed E-state index contributed by atoms with van der Waals surface area (Å²) in [5.41, 5.74) is 1.24. The average molecular weight is 274 g/mol. The Balaban J connectivity index is 1.41. The van der Waals surface area contributed by atoms with Gasteiger partial charge in [0.15, 0.2) is 0 Å². The van der Waals surface area contributed by atoms with Gasteiger partial charge >= 0.3 is 0 Å². The second-order valence-corrected chi connectivity index (χ2v) is 6.40. The van der Waals surface area contributed by atoms with Gasteiger partial charge in [-0.25, -0.2) is 0 Å². The molecule has 2 nitrogen and oxygen atoms in total. The Labute approximate surface area is 122 Å². The average Bonchev–Trinajstić information content (AvgIpc) is 3.19. The van der Waals surface area contributed by atoms with Crippen LogP contribution in [0.5, 0.6) is 5.75 Å². The van der Waals surface area contributed by atoms with E-state index in [-0.39, 0.29) is 0 Å². The SMILES string of the molecule is CCCCC1[C@H]2C[C@H]2[C@H]1COCc1ccc(OC)cc1. The van der Waals surface area contributed by atoms with Crippen molar-refractivity contribution in [3.8, 4) is 5.75 Å². The molecule has 2 saturated carbocycles. The number of ether oxygens (including phenoxy) is 2. The van der Waals surface area contributed by atoms with E-state index in [9.17, 15) is 0 Å². The van der Waals surface area contributed by atoms with E-state index in [1.165, 1.54) is 31.2 Å². The van der Waals surface area contributed by atoms with E-state index in [4.69, 9.17) is 9.47 Å². The summed E-state index contributed by atoms with van der Waals surface area (Å²) in [7, 11) is 1.70. The van der Waals surface area contributed by atoms with Crippen molar-refractivity contribution in [1.29, 1.82) is 0 Å². The molecule has 0 aliphatic heterocycles. The van der Waals surface area contributed by atoms with Crippen LogP contribution in [0.1, 0.15) is 38.2 Å². The Morgan fingerprint density at radius 1 is 1.10 bits per heavy atom. The van der Waals surface area contributed by atoms with Crippen LogP contribution in [0.4, 0.5) is 0 Å². The fourth-order valence-electron chi connectivity index (χ4n) is 3.86. The van der Waals surface area contributed by atoms with Gasteiger partial charge in [0.05, 0.1) is 20.3 Å². The van der Waals surface area contributed by atoms with Crippen molar-refractivity contribution >= 4 is 0 Å². The third kappa shape index (κ3) is 2.85. The van der Waals surface area contributed by atoms with E-state index in [2.05, 4.69) is 19.1 Å². The summed E-state index contributed by atoms with van der Waals surface area (Å²) >= 11 is 0. The van der Waals surface area contributed by atoms with Gasteiger partial charge in [0.1, 0.15) is 5.75 Å². The van der Waals surface area contributed by atoms with E-state index in [1.807, 2.05) is 12.1 Å². The number of hydrogen-bond donors (Lipinski definition) is 0. The summed E-state index contributed by atoms with van der Waals surface area (Å²) in [6.07, 6.45) is 5.62. The first-order chi connectivity index (χ1) is 9.83. The molecule has 1 aromatic rings. The van der Waals surface area contributed by atoms with E-state index in [0.29, 0.717) is 0 Å². The third-order valence-corrected chi connectivity index (χ3v) is 5.17. The van der Waals surface area contributed by atoms with Gasteiger partial charge in [0, 0.05) is 0 Å². The molecule has 0 N–H and O–H groups in total. The van der Waals surface area contributed by atoms with Gasteiger partial charge in [-0.05, 0) is 54.2 Å². The van der Waals surface area contributed by atoms with Crippen LogP contribution in [-0.4, -0.2) is 13.7 Å². The minimum absolute atomic E-state index is 0.735. The van der Waals surface area contributed by atoms with Crippen LogP contribution in [0.2, 0.25) is 0 Å². The molecule has 110 valence electrons. The smallest absolute Gasteiger partial charge is 0.118 e. The number of fused-ring (bicyclic) bond motifs is 1. The molecule has 1 unspecified atom stereocenters.